The number of thioether (sulfide) groups is 1. The zero-order valence-electron chi connectivity index (χ0n) is 13.2. The summed E-state index contributed by atoms with van der Waals surface area (Å²) in [6.07, 6.45) is 2.21. The summed E-state index contributed by atoms with van der Waals surface area (Å²) in [6, 6.07) is 5.79. The molecule has 3 nitrogen and oxygen atoms in total. The Hall–Kier alpha value is -0.420. The molecule has 0 saturated carbocycles. The standard InChI is InChI=1S/C16H22Cl2N2OS/c1-11(22-15-9-12(17)6-7-14(15)18)16(21)20-8-4-5-13(10-20)19(2)3/h6-7,9,11,13H,4-5,8,10H2,1-3H3. The molecule has 122 valence electrons. The highest BCUT2D eigenvalue weighted by atomic mass is 35.5. The number of amides is 1. The molecular weight excluding hydrogens is 339 g/mol. The van der Waals surface area contributed by atoms with Crippen molar-refractivity contribution in [1.29, 1.82) is 0 Å². The summed E-state index contributed by atoms with van der Waals surface area (Å²) >= 11 is 13.7. The third-order valence-corrected chi connectivity index (χ3v) is 5.81. The van der Waals surface area contributed by atoms with E-state index in [-0.39, 0.29) is 11.2 Å². The number of halogens is 2. The molecule has 0 N–H and O–H groups in total. The molecule has 1 aromatic rings. The van der Waals surface area contributed by atoms with Crippen molar-refractivity contribution in [3.63, 3.8) is 0 Å². The van der Waals surface area contributed by atoms with Crippen molar-refractivity contribution in [3.05, 3.63) is 28.2 Å². The molecule has 1 heterocycles. The summed E-state index contributed by atoms with van der Waals surface area (Å²) in [5.74, 6) is 0.174. The number of carbonyl (C=O) groups excluding carboxylic acids is 1. The number of hydrogen-bond acceptors (Lipinski definition) is 3. The molecule has 1 aliphatic rings. The van der Waals surface area contributed by atoms with Gasteiger partial charge in [0.25, 0.3) is 0 Å². The van der Waals surface area contributed by atoms with Gasteiger partial charge in [0, 0.05) is 29.0 Å². The molecule has 0 bridgehead atoms. The summed E-state index contributed by atoms with van der Waals surface area (Å²) in [5.41, 5.74) is 0. The van der Waals surface area contributed by atoms with Crippen LogP contribution in [0.4, 0.5) is 0 Å². The highest BCUT2D eigenvalue weighted by Crippen LogP contribution is 2.33. The van der Waals surface area contributed by atoms with Crippen LogP contribution in [0.25, 0.3) is 0 Å². The molecule has 1 amide bonds. The van der Waals surface area contributed by atoms with Gasteiger partial charge in [0.2, 0.25) is 5.91 Å². The highest BCUT2D eigenvalue weighted by molar-refractivity contribution is 8.00. The molecule has 1 aromatic carbocycles. The molecule has 2 rings (SSSR count). The maximum atomic E-state index is 12.7. The molecule has 2 atom stereocenters. The molecule has 1 saturated heterocycles. The van der Waals surface area contributed by atoms with E-state index in [0.717, 1.165) is 30.8 Å². The van der Waals surface area contributed by atoms with Gasteiger partial charge in [-0.15, -0.1) is 11.8 Å². The smallest absolute Gasteiger partial charge is 0.235 e. The van der Waals surface area contributed by atoms with Crippen molar-refractivity contribution in [1.82, 2.24) is 9.80 Å². The second kappa shape index (κ2) is 7.91. The first-order chi connectivity index (χ1) is 10.4. The summed E-state index contributed by atoms with van der Waals surface area (Å²) in [7, 11) is 4.14. The lowest BCUT2D eigenvalue weighted by molar-refractivity contribution is -0.132. The van der Waals surface area contributed by atoms with Crippen LogP contribution in [0, 0.1) is 0 Å². The van der Waals surface area contributed by atoms with E-state index in [1.54, 1.807) is 12.1 Å². The van der Waals surface area contributed by atoms with Crippen LogP contribution in [0.2, 0.25) is 10.0 Å². The molecule has 1 aliphatic heterocycles. The third kappa shape index (κ3) is 4.54. The molecule has 0 aliphatic carbocycles. The number of likely N-dealkylation sites (N-methyl/N-ethyl adjacent to an activating group) is 1. The van der Waals surface area contributed by atoms with E-state index in [1.165, 1.54) is 11.8 Å². The number of benzene rings is 1. The van der Waals surface area contributed by atoms with Gasteiger partial charge in [-0.2, -0.15) is 0 Å². The Bertz CT molecular complexity index is 539. The van der Waals surface area contributed by atoms with Gasteiger partial charge in [-0.1, -0.05) is 23.2 Å². The summed E-state index contributed by atoms with van der Waals surface area (Å²) in [5, 5.41) is 1.10. The maximum absolute atomic E-state index is 12.7. The SMILES string of the molecule is CC(Sc1cc(Cl)ccc1Cl)C(=O)N1CCCC(N(C)C)C1. The summed E-state index contributed by atoms with van der Waals surface area (Å²) in [6.45, 7) is 3.58. The number of carbonyl (C=O) groups is 1. The molecular formula is C16H22Cl2N2OS. The van der Waals surface area contributed by atoms with E-state index in [9.17, 15) is 4.79 Å². The van der Waals surface area contributed by atoms with Crippen molar-refractivity contribution >= 4 is 40.9 Å². The fourth-order valence-electron chi connectivity index (χ4n) is 2.64. The normalized spacial score (nSPS) is 20.3. The van der Waals surface area contributed by atoms with Gasteiger partial charge >= 0.3 is 0 Å². The lowest BCUT2D eigenvalue weighted by Crippen LogP contribution is -2.49. The van der Waals surface area contributed by atoms with E-state index >= 15 is 0 Å². The average Bonchev–Trinajstić information content (AvgIpc) is 2.50. The van der Waals surface area contributed by atoms with Crippen LogP contribution in [0.15, 0.2) is 23.1 Å². The largest absolute Gasteiger partial charge is 0.340 e. The van der Waals surface area contributed by atoms with Crippen molar-refractivity contribution in [2.45, 2.75) is 36.0 Å². The second-order valence-electron chi connectivity index (χ2n) is 5.88. The van der Waals surface area contributed by atoms with Gasteiger partial charge in [0.05, 0.1) is 10.3 Å². The lowest BCUT2D eigenvalue weighted by atomic mass is 10.0. The maximum Gasteiger partial charge on any atom is 0.235 e. The molecule has 0 aromatic heterocycles. The van der Waals surface area contributed by atoms with Crippen LogP contribution in [0.5, 0.6) is 0 Å². The number of rotatable bonds is 4. The van der Waals surface area contributed by atoms with Crippen molar-refractivity contribution in [3.8, 4) is 0 Å². The highest BCUT2D eigenvalue weighted by Gasteiger charge is 2.28. The zero-order valence-corrected chi connectivity index (χ0v) is 15.5. The van der Waals surface area contributed by atoms with E-state index in [4.69, 9.17) is 23.2 Å². The first-order valence-corrected chi connectivity index (χ1v) is 9.09. The average molecular weight is 361 g/mol. The topological polar surface area (TPSA) is 23.6 Å². The minimum absolute atomic E-state index is 0.170. The molecule has 0 spiro atoms. The lowest BCUT2D eigenvalue weighted by Gasteiger charge is -2.37. The predicted octanol–water partition coefficient (Wildman–Crippen LogP) is 4.03. The number of nitrogens with zero attached hydrogens (tertiary/aromatic N) is 2. The van der Waals surface area contributed by atoms with Crippen LogP contribution >= 0.6 is 35.0 Å². The number of piperidine rings is 1. The summed E-state index contributed by atoms with van der Waals surface area (Å²) in [4.78, 5) is 17.7. The summed E-state index contributed by atoms with van der Waals surface area (Å²) < 4.78 is 0. The van der Waals surface area contributed by atoms with Crippen LogP contribution in [-0.4, -0.2) is 54.2 Å². The molecule has 0 radical (unpaired) electrons. The number of hydrogen-bond donors (Lipinski definition) is 0. The van der Waals surface area contributed by atoms with Gasteiger partial charge in [-0.05, 0) is 52.1 Å². The van der Waals surface area contributed by atoms with E-state index in [1.807, 2.05) is 17.9 Å². The van der Waals surface area contributed by atoms with Crippen LogP contribution in [0.3, 0.4) is 0 Å². The zero-order chi connectivity index (χ0) is 16.3. The van der Waals surface area contributed by atoms with Gasteiger partial charge in [-0.25, -0.2) is 0 Å². The molecule has 6 heteroatoms. The minimum atomic E-state index is -0.170. The Morgan fingerprint density at radius 3 is 2.82 bits per heavy atom. The monoisotopic (exact) mass is 360 g/mol. The predicted molar refractivity (Wildman–Crippen MR) is 95.1 cm³/mol. The fraction of sp³-hybridized carbons (Fsp3) is 0.562. The molecule has 2 unspecified atom stereocenters. The number of likely N-dealkylation sites (tertiary alicyclic amines) is 1. The second-order valence-corrected chi connectivity index (χ2v) is 8.11. The van der Waals surface area contributed by atoms with E-state index < -0.39 is 0 Å². The van der Waals surface area contributed by atoms with Gasteiger partial charge in [0.1, 0.15) is 0 Å². The van der Waals surface area contributed by atoms with Crippen LogP contribution in [0.1, 0.15) is 19.8 Å². The van der Waals surface area contributed by atoms with E-state index in [2.05, 4.69) is 19.0 Å². The van der Waals surface area contributed by atoms with E-state index in [0.29, 0.717) is 16.1 Å². The molecule has 1 fully saturated rings. The van der Waals surface area contributed by atoms with Crippen molar-refractivity contribution < 1.29 is 4.79 Å². The van der Waals surface area contributed by atoms with Gasteiger partial charge in [-0.3, -0.25) is 4.79 Å². The minimum Gasteiger partial charge on any atom is -0.340 e. The van der Waals surface area contributed by atoms with Gasteiger partial charge < -0.3 is 9.80 Å². The first kappa shape index (κ1) is 17.9. The third-order valence-electron chi connectivity index (χ3n) is 3.98. The Kier molecular flexibility index (Phi) is 6.45. The van der Waals surface area contributed by atoms with Crippen LogP contribution < -0.4 is 0 Å². The quantitative estimate of drug-likeness (QED) is 0.757. The van der Waals surface area contributed by atoms with Crippen molar-refractivity contribution in [2.24, 2.45) is 0 Å². The Balaban J connectivity index is 2.01. The Labute approximate surface area is 146 Å². The van der Waals surface area contributed by atoms with Crippen molar-refractivity contribution in [2.75, 3.05) is 27.2 Å². The van der Waals surface area contributed by atoms with Gasteiger partial charge in [0.15, 0.2) is 0 Å². The Morgan fingerprint density at radius 1 is 1.41 bits per heavy atom. The van der Waals surface area contributed by atoms with Crippen LogP contribution in [-0.2, 0) is 4.79 Å². The molecule has 22 heavy (non-hydrogen) atoms. The Morgan fingerprint density at radius 2 is 2.14 bits per heavy atom. The fourth-order valence-corrected chi connectivity index (χ4v) is 4.14. The first-order valence-electron chi connectivity index (χ1n) is 7.45.